The lowest BCUT2D eigenvalue weighted by Crippen LogP contribution is -2.26. The molecule has 4 nitrogen and oxygen atoms in total. The number of fused-ring (bicyclic) bond motifs is 1. The standard InChI is InChI=1S/C20H25N3O/c1-19(2,3)18-16-9-7-6-8-14(16)10-17(23-18)24-13-20(4,5)15-11-21-22-12-15/h6-12H,13H2,1-5H3,(H,21,22). The van der Waals surface area contributed by atoms with Crippen LogP contribution in [0.25, 0.3) is 10.8 Å². The van der Waals surface area contributed by atoms with Crippen LogP contribution in [0.15, 0.2) is 42.7 Å². The molecule has 0 aliphatic carbocycles. The number of nitrogens with zero attached hydrogens (tertiary/aromatic N) is 2. The SMILES string of the molecule is CC(C)(C)c1nc(OCC(C)(C)c2cn[nH]c2)cc2ccccc12. The molecule has 24 heavy (non-hydrogen) atoms. The van der Waals surface area contributed by atoms with Gasteiger partial charge in [-0.3, -0.25) is 5.10 Å². The molecule has 4 heteroatoms. The Morgan fingerprint density at radius 2 is 1.83 bits per heavy atom. The fourth-order valence-corrected chi connectivity index (χ4v) is 2.78. The van der Waals surface area contributed by atoms with Crippen molar-refractivity contribution >= 4 is 10.8 Å². The zero-order valence-electron chi connectivity index (χ0n) is 15.1. The smallest absolute Gasteiger partial charge is 0.214 e. The molecule has 1 N–H and O–H groups in total. The number of H-pyrrole nitrogens is 1. The molecule has 2 aromatic heterocycles. The minimum Gasteiger partial charge on any atom is -0.477 e. The predicted molar refractivity (Wildman–Crippen MR) is 97.6 cm³/mol. The van der Waals surface area contributed by atoms with E-state index in [1.807, 2.05) is 24.5 Å². The van der Waals surface area contributed by atoms with Crippen molar-refractivity contribution in [3.8, 4) is 5.88 Å². The molecule has 126 valence electrons. The maximum absolute atomic E-state index is 6.09. The first-order valence-corrected chi connectivity index (χ1v) is 8.30. The number of hydrogen-bond donors (Lipinski definition) is 1. The van der Waals surface area contributed by atoms with Crippen LogP contribution in [0, 0.1) is 0 Å². The molecule has 0 unspecified atom stereocenters. The van der Waals surface area contributed by atoms with Crippen molar-refractivity contribution in [2.75, 3.05) is 6.61 Å². The van der Waals surface area contributed by atoms with Crippen molar-refractivity contribution in [1.82, 2.24) is 15.2 Å². The highest BCUT2D eigenvalue weighted by Crippen LogP contribution is 2.31. The Morgan fingerprint density at radius 1 is 1.08 bits per heavy atom. The van der Waals surface area contributed by atoms with Gasteiger partial charge in [-0.2, -0.15) is 5.10 Å². The largest absolute Gasteiger partial charge is 0.477 e. The number of hydrogen-bond acceptors (Lipinski definition) is 3. The second kappa shape index (κ2) is 5.93. The Kier molecular flexibility index (Phi) is 4.08. The normalized spacial score (nSPS) is 12.5. The van der Waals surface area contributed by atoms with Crippen molar-refractivity contribution in [3.05, 3.63) is 54.0 Å². The molecule has 0 saturated heterocycles. The van der Waals surface area contributed by atoms with Gasteiger partial charge in [-0.1, -0.05) is 58.9 Å². The number of aromatic nitrogens is 3. The minimum absolute atomic E-state index is 0.0426. The summed E-state index contributed by atoms with van der Waals surface area (Å²) in [5.74, 6) is 0.676. The monoisotopic (exact) mass is 323 g/mol. The van der Waals surface area contributed by atoms with Crippen molar-refractivity contribution in [2.24, 2.45) is 0 Å². The summed E-state index contributed by atoms with van der Waals surface area (Å²) in [5.41, 5.74) is 2.01. The lowest BCUT2D eigenvalue weighted by atomic mass is 9.88. The fraction of sp³-hybridized carbons (Fsp3) is 0.400. The molecule has 0 atom stereocenters. The van der Waals surface area contributed by atoms with Gasteiger partial charge in [-0.15, -0.1) is 0 Å². The average Bonchev–Trinajstić information content (AvgIpc) is 3.06. The quantitative estimate of drug-likeness (QED) is 0.762. The Balaban J connectivity index is 1.93. The number of aromatic amines is 1. The van der Waals surface area contributed by atoms with Gasteiger partial charge in [0.2, 0.25) is 5.88 Å². The van der Waals surface area contributed by atoms with Crippen molar-refractivity contribution < 1.29 is 4.74 Å². The third kappa shape index (κ3) is 3.28. The molecule has 2 heterocycles. The van der Waals surface area contributed by atoms with E-state index in [9.17, 15) is 0 Å². The summed E-state index contributed by atoms with van der Waals surface area (Å²) in [4.78, 5) is 4.81. The second-order valence-corrected chi connectivity index (χ2v) is 7.94. The highest BCUT2D eigenvalue weighted by atomic mass is 16.5. The van der Waals surface area contributed by atoms with Gasteiger partial charge in [0.25, 0.3) is 0 Å². The Hall–Kier alpha value is -2.36. The summed E-state index contributed by atoms with van der Waals surface area (Å²) in [6.07, 6.45) is 3.76. The summed E-state index contributed by atoms with van der Waals surface area (Å²) in [5, 5.41) is 9.25. The molecule has 1 aromatic carbocycles. The maximum atomic E-state index is 6.09. The van der Waals surface area contributed by atoms with E-state index >= 15 is 0 Å². The third-order valence-corrected chi connectivity index (χ3v) is 4.29. The number of pyridine rings is 1. The van der Waals surface area contributed by atoms with Crippen LogP contribution in [-0.2, 0) is 10.8 Å². The second-order valence-electron chi connectivity index (χ2n) is 7.94. The molecule has 0 fully saturated rings. The summed E-state index contributed by atoms with van der Waals surface area (Å²) >= 11 is 0. The predicted octanol–water partition coefficient (Wildman–Crippen LogP) is 4.61. The number of ether oxygens (including phenoxy) is 1. The lowest BCUT2D eigenvalue weighted by Gasteiger charge is -2.25. The fourth-order valence-electron chi connectivity index (χ4n) is 2.78. The zero-order chi connectivity index (χ0) is 17.4. The van der Waals surface area contributed by atoms with E-state index in [4.69, 9.17) is 9.72 Å². The van der Waals surface area contributed by atoms with E-state index in [-0.39, 0.29) is 10.8 Å². The van der Waals surface area contributed by atoms with Crippen LogP contribution in [-0.4, -0.2) is 21.8 Å². The first-order valence-electron chi connectivity index (χ1n) is 8.30. The van der Waals surface area contributed by atoms with Crippen LogP contribution in [0.3, 0.4) is 0 Å². The summed E-state index contributed by atoms with van der Waals surface area (Å²) in [6, 6.07) is 10.4. The van der Waals surface area contributed by atoms with Gasteiger partial charge in [-0.05, 0) is 10.9 Å². The van der Waals surface area contributed by atoms with E-state index in [2.05, 4.69) is 63.0 Å². The number of rotatable bonds is 4. The van der Waals surface area contributed by atoms with E-state index < -0.39 is 0 Å². The first-order chi connectivity index (χ1) is 11.3. The van der Waals surface area contributed by atoms with Gasteiger partial charge in [0.15, 0.2) is 0 Å². The zero-order valence-corrected chi connectivity index (χ0v) is 15.1. The van der Waals surface area contributed by atoms with Crippen LogP contribution < -0.4 is 4.74 Å². The maximum Gasteiger partial charge on any atom is 0.214 e. The topological polar surface area (TPSA) is 50.8 Å². The third-order valence-electron chi connectivity index (χ3n) is 4.29. The van der Waals surface area contributed by atoms with E-state index in [1.165, 1.54) is 5.39 Å². The van der Waals surface area contributed by atoms with Gasteiger partial charge in [0, 0.05) is 28.5 Å². The van der Waals surface area contributed by atoms with Gasteiger partial charge in [0.1, 0.15) is 0 Å². The van der Waals surface area contributed by atoms with E-state index in [1.54, 1.807) is 0 Å². The molecule has 3 aromatic rings. The van der Waals surface area contributed by atoms with Gasteiger partial charge in [0.05, 0.1) is 18.5 Å². The van der Waals surface area contributed by atoms with Crippen molar-refractivity contribution in [1.29, 1.82) is 0 Å². The van der Waals surface area contributed by atoms with Crippen molar-refractivity contribution in [2.45, 2.75) is 45.4 Å². The number of benzene rings is 1. The molecule has 0 spiro atoms. The molecule has 0 bridgehead atoms. The highest BCUT2D eigenvalue weighted by molar-refractivity contribution is 5.86. The van der Waals surface area contributed by atoms with E-state index in [0.717, 1.165) is 16.6 Å². The molecule has 0 amide bonds. The molecule has 0 radical (unpaired) electrons. The lowest BCUT2D eigenvalue weighted by molar-refractivity contribution is 0.232. The van der Waals surface area contributed by atoms with E-state index in [0.29, 0.717) is 12.5 Å². The molecule has 0 aliphatic heterocycles. The Labute approximate surface area is 143 Å². The van der Waals surface area contributed by atoms with Gasteiger partial charge in [-0.25, -0.2) is 4.98 Å². The number of nitrogens with one attached hydrogen (secondary N) is 1. The minimum atomic E-state index is -0.137. The first kappa shape index (κ1) is 16.5. The molecular formula is C20H25N3O. The van der Waals surface area contributed by atoms with Crippen LogP contribution in [0.4, 0.5) is 0 Å². The Morgan fingerprint density at radius 3 is 2.50 bits per heavy atom. The van der Waals surface area contributed by atoms with Crippen LogP contribution in [0.2, 0.25) is 0 Å². The molecular weight excluding hydrogens is 298 g/mol. The molecule has 3 rings (SSSR count). The van der Waals surface area contributed by atoms with Crippen LogP contribution in [0.5, 0.6) is 5.88 Å². The summed E-state index contributed by atoms with van der Waals surface area (Å²) in [7, 11) is 0. The average molecular weight is 323 g/mol. The summed E-state index contributed by atoms with van der Waals surface area (Å²) < 4.78 is 6.09. The van der Waals surface area contributed by atoms with Gasteiger partial charge >= 0.3 is 0 Å². The van der Waals surface area contributed by atoms with Crippen LogP contribution in [0.1, 0.15) is 45.9 Å². The molecule has 0 saturated carbocycles. The highest BCUT2D eigenvalue weighted by Gasteiger charge is 2.24. The summed E-state index contributed by atoms with van der Waals surface area (Å²) in [6.45, 7) is 11.4. The molecule has 0 aliphatic rings. The van der Waals surface area contributed by atoms with Gasteiger partial charge < -0.3 is 4.74 Å². The van der Waals surface area contributed by atoms with Crippen molar-refractivity contribution in [3.63, 3.8) is 0 Å². The van der Waals surface area contributed by atoms with Crippen LogP contribution >= 0.6 is 0 Å². The Bertz CT molecular complexity index is 830.